The monoisotopic (exact) mass is 717 g/mol. The predicted octanol–water partition coefficient (Wildman–Crippen LogP) is 3.45. The summed E-state index contributed by atoms with van der Waals surface area (Å²) in [5.74, 6) is -0.841. The number of likely N-dealkylation sites (tertiary alicyclic amines) is 1. The van der Waals surface area contributed by atoms with Crippen LogP contribution in [0.1, 0.15) is 61.7 Å². The van der Waals surface area contributed by atoms with Crippen molar-refractivity contribution < 1.29 is 36.7 Å². The van der Waals surface area contributed by atoms with Gasteiger partial charge >= 0.3 is 0 Å². The second kappa shape index (κ2) is 16.4. The lowest BCUT2D eigenvalue weighted by Crippen LogP contribution is -2.55. The number of hydrogen-bond acceptors (Lipinski definition) is 10. The Labute approximate surface area is 291 Å². The first-order valence-corrected chi connectivity index (χ1v) is 18.8. The molecule has 49 heavy (non-hydrogen) atoms. The SMILES string of the molecule is CC[C@H](NC(=O)[C@@H]1C[C@@H](OCc2ccc(Cl)cc2)CN1C(=O)[C@@H](CCC1CCNCC1)NS(C)(=O)=O)C(=O)c1nc2ccc(OC)cc2o1. The number of halogens is 1. The normalized spacial score (nSPS) is 19.9. The lowest BCUT2D eigenvalue weighted by Gasteiger charge is -2.30. The first kappa shape index (κ1) is 36.7. The molecule has 2 saturated heterocycles. The van der Waals surface area contributed by atoms with E-state index < -0.39 is 51.9 Å². The summed E-state index contributed by atoms with van der Waals surface area (Å²) in [5, 5.41) is 6.71. The maximum absolute atomic E-state index is 14.2. The Morgan fingerprint density at radius 1 is 1.12 bits per heavy atom. The molecule has 2 amide bonds. The quantitative estimate of drug-likeness (QED) is 0.198. The van der Waals surface area contributed by atoms with E-state index in [0.29, 0.717) is 34.2 Å². The van der Waals surface area contributed by atoms with Gasteiger partial charge in [-0.1, -0.05) is 30.7 Å². The van der Waals surface area contributed by atoms with Gasteiger partial charge < -0.3 is 29.4 Å². The van der Waals surface area contributed by atoms with E-state index in [-0.39, 0.29) is 38.3 Å². The van der Waals surface area contributed by atoms with Crippen LogP contribution in [0, 0.1) is 5.92 Å². The number of ketones is 1. The van der Waals surface area contributed by atoms with Crippen LogP contribution < -0.4 is 20.1 Å². The summed E-state index contributed by atoms with van der Waals surface area (Å²) in [6.07, 6.45) is 3.70. The fourth-order valence-corrected chi connectivity index (χ4v) is 7.24. The summed E-state index contributed by atoms with van der Waals surface area (Å²) in [7, 11) is -2.24. The van der Waals surface area contributed by atoms with Crippen molar-refractivity contribution in [2.75, 3.05) is 33.0 Å². The molecule has 13 nitrogen and oxygen atoms in total. The molecule has 0 aliphatic carbocycles. The fourth-order valence-electron chi connectivity index (χ4n) is 6.38. The average molecular weight is 718 g/mol. The Hall–Kier alpha value is -3.56. The molecule has 0 radical (unpaired) electrons. The number of carbonyl (C=O) groups is 3. The first-order valence-electron chi connectivity index (χ1n) is 16.6. The van der Waals surface area contributed by atoms with Gasteiger partial charge in [0.15, 0.2) is 5.58 Å². The number of nitrogens with one attached hydrogen (secondary N) is 3. The van der Waals surface area contributed by atoms with Gasteiger partial charge in [-0.15, -0.1) is 0 Å². The molecular weight excluding hydrogens is 674 g/mol. The van der Waals surface area contributed by atoms with Crippen molar-refractivity contribution in [3.8, 4) is 5.75 Å². The van der Waals surface area contributed by atoms with Gasteiger partial charge in [0.25, 0.3) is 5.89 Å². The third-order valence-corrected chi connectivity index (χ3v) is 10.0. The minimum Gasteiger partial charge on any atom is -0.497 e. The minimum absolute atomic E-state index is 0.0670. The topological polar surface area (TPSA) is 169 Å². The standard InChI is InChI=1S/C34H44ClN5O8S/c1-4-26(31(41)33-38-27-12-10-24(46-2)18-30(27)48-33)37-32(42)29-17-25(47-20-22-5-8-23(35)9-6-22)19-40(29)34(43)28(39-49(3,44)45)11-7-21-13-15-36-16-14-21/h5-6,8-10,12,18,21,25-26,28-29,36,39H,4,7,11,13-17,19-20H2,1-3H3,(H,37,42)/t25-,26+,28-,29+/m1/s1. The van der Waals surface area contributed by atoms with Gasteiger partial charge in [-0.2, -0.15) is 0 Å². The molecule has 3 N–H and O–H groups in total. The smallest absolute Gasteiger partial charge is 0.266 e. The Balaban J connectivity index is 1.34. The summed E-state index contributed by atoms with van der Waals surface area (Å²) >= 11 is 6.02. The van der Waals surface area contributed by atoms with Gasteiger partial charge in [-0.05, 0) is 80.9 Å². The molecule has 5 rings (SSSR count). The van der Waals surface area contributed by atoms with Crippen LogP contribution in [0.3, 0.4) is 0 Å². The highest BCUT2D eigenvalue weighted by Crippen LogP contribution is 2.27. The highest BCUT2D eigenvalue weighted by molar-refractivity contribution is 7.88. The molecule has 2 aromatic carbocycles. The first-order chi connectivity index (χ1) is 23.4. The highest BCUT2D eigenvalue weighted by Gasteiger charge is 2.43. The number of oxazole rings is 1. The van der Waals surface area contributed by atoms with E-state index in [2.05, 4.69) is 20.3 Å². The summed E-state index contributed by atoms with van der Waals surface area (Å²) < 4.78 is 44.4. The lowest BCUT2D eigenvalue weighted by atomic mass is 9.91. The van der Waals surface area contributed by atoms with Gasteiger partial charge in [0, 0.05) is 24.1 Å². The number of Topliss-reactive ketones (excluding diaryl/α,β-unsaturated/α-hetero) is 1. The number of methoxy groups -OCH3 is 1. The van der Waals surface area contributed by atoms with Crippen LogP contribution in [0.2, 0.25) is 5.02 Å². The minimum atomic E-state index is -3.75. The van der Waals surface area contributed by atoms with Crippen molar-refractivity contribution in [2.45, 2.75) is 76.3 Å². The molecule has 0 unspecified atom stereocenters. The van der Waals surface area contributed by atoms with Crippen molar-refractivity contribution in [2.24, 2.45) is 5.92 Å². The summed E-state index contributed by atoms with van der Waals surface area (Å²) in [6.45, 7) is 3.78. The molecule has 0 saturated carbocycles. The van der Waals surface area contributed by atoms with Crippen LogP contribution >= 0.6 is 11.6 Å². The van der Waals surface area contributed by atoms with Crippen molar-refractivity contribution in [3.63, 3.8) is 0 Å². The Kier molecular flexibility index (Phi) is 12.3. The van der Waals surface area contributed by atoms with E-state index in [4.69, 9.17) is 25.5 Å². The van der Waals surface area contributed by atoms with Gasteiger partial charge in [0.05, 0.1) is 32.1 Å². The molecule has 15 heteroatoms. The van der Waals surface area contributed by atoms with Gasteiger partial charge in [-0.25, -0.2) is 18.1 Å². The number of hydrogen-bond donors (Lipinski definition) is 3. The van der Waals surface area contributed by atoms with Crippen molar-refractivity contribution in [1.29, 1.82) is 0 Å². The predicted molar refractivity (Wildman–Crippen MR) is 184 cm³/mol. The van der Waals surface area contributed by atoms with Crippen LogP contribution in [-0.4, -0.2) is 93.1 Å². The molecule has 0 spiro atoms. The third-order valence-electron chi connectivity index (χ3n) is 9.07. The Morgan fingerprint density at radius 2 is 1.86 bits per heavy atom. The van der Waals surface area contributed by atoms with E-state index in [0.717, 1.165) is 37.8 Å². The maximum atomic E-state index is 14.2. The zero-order valence-corrected chi connectivity index (χ0v) is 29.5. The summed E-state index contributed by atoms with van der Waals surface area (Å²) in [5.41, 5.74) is 1.69. The average Bonchev–Trinajstić information content (AvgIpc) is 3.72. The number of amides is 2. The van der Waals surface area contributed by atoms with Crippen LogP contribution in [0.25, 0.3) is 11.1 Å². The van der Waals surface area contributed by atoms with E-state index in [1.807, 2.05) is 12.1 Å². The molecule has 2 fully saturated rings. The third kappa shape index (κ3) is 9.79. The second-order valence-corrected chi connectivity index (χ2v) is 14.9. The molecule has 2 aliphatic heterocycles. The van der Waals surface area contributed by atoms with Crippen molar-refractivity contribution >= 4 is 50.3 Å². The molecule has 2 aliphatic rings. The number of aromatic nitrogens is 1. The zero-order valence-electron chi connectivity index (χ0n) is 27.9. The molecule has 4 atom stereocenters. The number of carbonyl (C=O) groups excluding carboxylic acids is 3. The number of ether oxygens (including phenoxy) is 2. The molecule has 3 aromatic rings. The maximum Gasteiger partial charge on any atom is 0.266 e. The van der Waals surface area contributed by atoms with Gasteiger partial charge in [0.2, 0.25) is 27.6 Å². The van der Waals surface area contributed by atoms with Gasteiger partial charge in [-0.3, -0.25) is 14.4 Å². The lowest BCUT2D eigenvalue weighted by molar-refractivity contribution is -0.140. The summed E-state index contributed by atoms with van der Waals surface area (Å²) in [4.78, 5) is 47.3. The van der Waals surface area contributed by atoms with Crippen LogP contribution in [0.5, 0.6) is 5.75 Å². The van der Waals surface area contributed by atoms with Crippen molar-refractivity contribution in [3.05, 3.63) is 58.9 Å². The van der Waals surface area contributed by atoms with E-state index in [9.17, 15) is 22.8 Å². The molecule has 3 heterocycles. The number of nitrogens with zero attached hydrogens (tertiary/aromatic N) is 2. The fraction of sp³-hybridized carbons (Fsp3) is 0.529. The number of rotatable bonds is 15. The largest absolute Gasteiger partial charge is 0.497 e. The molecule has 0 bridgehead atoms. The van der Waals surface area contributed by atoms with Crippen LogP contribution in [-0.2, 0) is 31.0 Å². The zero-order chi connectivity index (χ0) is 35.1. The molecule has 266 valence electrons. The van der Waals surface area contributed by atoms with Gasteiger partial charge in [0.1, 0.15) is 23.3 Å². The van der Waals surface area contributed by atoms with Crippen LogP contribution in [0.4, 0.5) is 0 Å². The number of piperidine rings is 1. The molecular formula is C34H44ClN5O8S. The number of benzene rings is 2. The number of sulfonamides is 1. The Bertz CT molecular complexity index is 1730. The van der Waals surface area contributed by atoms with Crippen LogP contribution in [0.15, 0.2) is 46.9 Å². The summed E-state index contributed by atoms with van der Waals surface area (Å²) in [6, 6.07) is 9.10. The van der Waals surface area contributed by atoms with E-state index >= 15 is 0 Å². The molecule has 1 aromatic heterocycles. The van der Waals surface area contributed by atoms with E-state index in [1.165, 1.54) is 12.0 Å². The Morgan fingerprint density at radius 3 is 2.53 bits per heavy atom. The second-order valence-electron chi connectivity index (χ2n) is 12.7. The highest BCUT2D eigenvalue weighted by atomic mass is 35.5. The van der Waals surface area contributed by atoms with Crippen molar-refractivity contribution in [1.82, 2.24) is 25.2 Å². The van der Waals surface area contributed by atoms with E-state index in [1.54, 1.807) is 37.3 Å². The number of fused-ring (bicyclic) bond motifs is 1.